The number of aromatic nitrogens is 1. The van der Waals surface area contributed by atoms with Crippen LogP contribution in [0.25, 0.3) is 10.6 Å². The van der Waals surface area contributed by atoms with Gasteiger partial charge in [-0.15, -0.1) is 11.3 Å². The molecule has 108 valence electrons. The van der Waals surface area contributed by atoms with Crippen LogP contribution < -0.4 is 0 Å². The minimum Gasteiger partial charge on any atom is -0.481 e. The summed E-state index contributed by atoms with van der Waals surface area (Å²) in [6.45, 7) is 0. The Morgan fingerprint density at radius 3 is 2.90 bits per heavy atom. The Morgan fingerprint density at radius 2 is 2.19 bits per heavy atom. The topological polar surface area (TPSA) is 93.3 Å². The van der Waals surface area contributed by atoms with Gasteiger partial charge in [0.15, 0.2) is 0 Å². The van der Waals surface area contributed by atoms with E-state index >= 15 is 0 Å². The van der Waals surface area contributed by atoms with Crippen molar-refractivity contribution in [3.05, 3.63) is 45.0 Å². The predicted molar refractivity (Wildman–Crippen MR) is 77.5 cm³/mol. The average molecular weight is 304 g/mol. The molecule has 3 rings (SSSR count). The lowest BCUT2D eigenvalue weighted by Gasteiger charge is -2.16. The molecule has 0 spiro atoms. The van der Waals surface area contributed by atoms with Gasteiger partial charge in [-0.25, -0.2) is 4.98 Å². The monoisotopic (exact) mass is 304 g/mol. The number of aliphatic carboxylic acids is 1. The smallest absolute Gasteiger partial charge is 0.312 e. The summed E-state index contributed by atoms with van der Waals surface area (Å²) in [4.78, 5) is 27.3. The number of para-hydroxylation sites is 1. The molecule has 0 radical (unpaired) electrons. The number of rotatable bonds is 3. The van der Waals surface area contributed by atoms with E-state index in [-0.39, 0.29) is 5.69 Å². The van der Waals surface area contributed by atoms with Crippen LogP contribution in [0.1, 0.15) is 29.3 Å². The highest BCUT2D eigenvalue weighted by Crippen LogP contribution is 2.40. The summed E-state index contributed by atoms with van der Waals surface area (Å²) in [5.41, 5.74) is 1.02. The van der Waals surface area contributed by atoms with Crippen LogP contribution in [0.3, 0.4) is 0 Å². The molecule has 0 saturated heterocycles. The quantitative estimate of drug-likeness (QED) is 0.694. The largest absolute Gasteiger partial charge is 0.481 e. The summed E-state index contributed by atoms with van der Waals surface area (Å²) in [5, 5.41) is 20.9. The van der Waals surface area contributed by atoms with E-state index < -0.39 is 16.8 Å². The number of benzene rings is 1. The zero-order chi connectivity index (χ0) is 15.0. The first kappa shape index (κ1) is 13.7. The zero-order valence-electron chi connectivity index (χ0n) is 11.0. The van der Waals surface area contributed by atoms with Gasteiger partial charge in [0.25, 0.3) is 5.69 Å². The molecule has 1 aliphatic rings. The SMILES string of the molecule is O=C(O)C1CCCc2sc(-c3ccccc3[N+](=O)[O-])nc21. The summed E-state index contributed by atoms with van der Waals surface area (Å²) < 4.78 is 0. The number of nitro groups is 1. The Labute approximate surface area is 124 Å². The molecule has 1 aromatic carbocycles. The number of nitro benzene ring substituents is 1. The van der Waals surface area contributed by atoms with Crippen LogP contribution in [-0.4, -0.2) is 21.0 Å². The van der Waals surface area contributed by atoms with Crippen LogP contribution in [0.2, 0.25) is 0 Å². The van der Waals surface area contributed by atoms with Gasteiger partial charge in [0.05, 0.1) is 22.1 Å². The molecule has 0 bridgehead atoms. The molecule has 0 saturated carbocycles. The highest BCUT2D eigenvalue weighted by atomic mass is 32.1. The Balaban J connectivity index is 2.10. The fourth-order valence-corrected chi connectivity index (χ4v) is 3.79. The summed E-state index contributed by atoms with van der Waals surface area (Å²) in [5.74, 6) is -1.48. The van der Waals surface area contributed by atoms with Gasteiger partial charge < -0.3 is 5.11 Å². The summed E-state index contributed by atoms with van der Waals surface area (Å²) in [6, 6.07) is 6.41. The molecule has 0 amide bonds. The average Bonchev–Trinajstić information content (AvgIpc) is 2.90. The van der Waals surface area contributed by atoms with E-state index in [9.17, 15) is 20.0 Å². The van der Waals surface area contributed by atoms with E-state index in [2.05, 4.69) is 4.98 Å². The van der Waals surface area contributed by atoms with E-state index in [1.165, 1.54) is 17.4 Å². The number of hydrogen-bond acceptors (Lipinski definition) is 5. The molecule has 21 heavy (non-hydrogen) atoms. The Bertz CT molecular complexity index is 726. The summed E-state index contributed by atoms with van der Waals surface area (Å²) >= 11 is 1.36. The molecule has 1 aromatic heterocycles. The van der Waals surface area contributed by atoms with Crippen LogP contribution in [-0.2, 0) is 11.2 Å². The van der Waals surface area contributed by atoms with Crippen molar-refractivity contribution in [2.45, 2.75) is 25.2 Å². The molecular formula is C14H12N2O4S. The van der Waals surface area contributed by atoms with Gasteiger partial charge >= 0.3 is 5.97 Å². The summed E-state index contributed by atoms with van der Waals surface area (Å²) in [6.07, 6.45) is 2.17. The van der Waals surface area contributed by atoms with E-state index in [1.54, 1.807) is 18.2 Å². The van der Waals surface area contributed by atoms with Crippen molar-refractivity contribution in [1.29, 1.82) is 0 Å². The Hall–Kier alpha value is -2.28. The first-order valence-electron chi connectivity index (χ1n) is 6.54. The van der Waals surface area contributed by atoms with Gasteiger partial charge in [-0.1, -0.05) is 12.1 Å². The normalized spacial score (nSPS) is 17.2. The number of carboxylic acids is 1. The maximum atomic E-state index is 11.3. The van der Waals surface area contributed by atoms with Gasteiger partial charge in [0.2, 0.25) is 0 Å². The molecule has 2 aromatic rings. The number of aryl methyl sites for hydroxylation is 1. The van der Waals surface area contributed by atoms with Crippen LogP contribution in [0.4, 0.5) is 5.69 Å². The van der Waals surface area contributed by atoms with E-state index in [4.69, 9.17) is 0 Å². The number of fused-ring (bicyclic) bond motifs is 1. The standard InChI is InChI=1S/C14H12N2O4S/c17-14(18)9-5-3-7-11-12(9)15-13(21-11)8-4-1-2-6-10(8)16(19)20/h1-2,4,6,9H,3,5,7H2,(H,17,18). The second-order valence-electron chi connectivity index (χ2n) is 4.88. The highest BCUT2D eigenvalue weighted by molar-refractivity contribution is 7.15. The van der Waals surface area contributed by atoms with Crippen LogP contribution in [0, 0.1) is 10.1 Å². The lowest BCUT2D eigenvalue weighted by molar-refractivity contribution is -0.384. The van der Waals surface area contributed by atoms with Crippen LogP contribution in [0.15, 0.2) is 24.3 Å². The molecule has 6 nitrogen and oxygen atoms in total. The summed E-state index contributed by atoms with van der Waals surface area (Å²) in [7, 11) is 0. The number of thiazole rings is 1. The minimum absolute atomic E-state index is 0.00419. The Kier molecular flexibility index (Phi) is 3.42. The molecule has 1 atom stereocenters. The van der Waals surface area contributed by atoms with E-state index in [1.807, 2.05) is 0 Å². The number of carboxylic acid groups (broad SMARTS) is 1. The second kappa shape index (κ2) is 5.25. The lowest BCUT2D eigenvalue weighted by atomic mass is 9.91. The van der Waals surface area contributed by atoms with Gasteiger partial charge in [-0.3, -0.25) is 14.9 Å². The van der Waals surface area contributed by atoms with Gasteiger partial charge in [0.1, 0.15) is 5.01 Å². The first-order chi connectivity index (χ1) is 10.1. The fraction of sp³-hybridized carbons (Fsp3) is 0.286. The molecular weight excluding hydrogens is 292 g/mol. The molecule has 1 N–H and O–H groups in total. The van der Waals surface area contributed by atoms with Crippen molar-refractivity contribution in [2.24, 2.45) is 0 Å². The predicted octanol–water partition coefficient (Wildman–Crippen LogP) is 3.22. The third kappa shape index (κ3) is 2.40. The minimum atomic E-state index is -0.879. The van der Waals surface area contributed by atoms with Gasteiger partial charge in [-0.2, -0.15) is 0 Å². The molecule has 1 unspecified atom stereocenters. The first-order valence-corrected chi connectivity index (χ1v) is 7.35. The number of hydrogen-bond donors (Lipinski definition) is 1. The van der Waals surface area contributed by atoms with Crippen LogP contribution >= 0.6 is 11.3 Å². The van der Waals surface area contributed by atoms with E-state index in [0.717, 1.165) is 17.7 Å². The number of nitrogens with zero attached hydrogens (tertiary/aromatic N) is 2. The van der Waals surface area contributed by atoms with Crippen molar-refractivity contribution >= 4 is 23.0 Å². The third-order valence-corrected chi connectivity index (χ3v) is 4.75. The maximum Gasteiger partial charge on any atom is 0.312 e. The van der Waals surface area contributed by atoms with Gasteiger partial charge in [-0.05, 0) is 25.3 Å². The lowest BCUT2D eigenvalue weighted by Crippen LogP contribution is -2.17. The molecule has 0 aliphatic heterocycles. The highest BCUT2D eigenvalue weighted by Gasteiger charge is 2.31. The number of carbonyl (C=O) groups is 1. The van der Waals surface area contributed by atoms with Crippen molar-refractivity contribution in [3.8, 4) is 10.6 Å². The molecule has 7 heteroatoms. The van der Waals surface area contributed by atoms with Crippen molar-refractivity contribution in [3.63, 3.8) is 0 Å². The molecule has 1 heterocycles. The zero-order valence-corrected chi connectivity index (χ0v) is 11.8. The van der Waals surface area contributed by atoms with E-state index in [0.29, 0.717) is 22.7 Å². The fourth-order valence-electron chi connectivity index (χ4n) is 2.59. The van der Waals surface area contributed by atoms with Gasteiger partial charge in [0, 0.05) is 10.9 Å². The maximum absolute atomic E-state index is 11.3. The molecule has 1 aliphatic carbocycles. The van der Waals surface area contributed by atoms with Crippen molar-refractivity contribution < 1.29 is 14.8 Å². The third-order valence-electron chi connectivity index (χ3n) is 3.58. The van der Waals surface area contributed by atoms with Crippen LogP contribution in [0.5, 0.6) is 0 Å². The Morgan fingerprint density at radius 1 is 1.43 bits per heavy atom. The molecule has 0 fully saturated rings. The van der Waals surface area contributed by atoms with Crippen molar-refractivity contribution in [1.82, 2.24) is 4.98 Å². The second-order valence-corrected chi connectivity index (χ2v) is 5.97. The van der Waals surface area contributed by atoms with Crippen molar-refractivity contribution in [2.75, 3.05) is 0 Å².